The molecule has 4 nitrogen and oxygen atoms in total. The third-order valence-electron chi connectivity index (χ3n) is 1.31. The molecule has 0 radical (unpaired) electrons. The molecule has 1 aromatic heterocycles. The highest BCUT2D eigenvalue weighted by atomic mass is 19.3. The number of ether oxygens (including phenoxy) is 1. The Balaban J connectivity index is 2.69. The van der Waals surface area contributed by atoms with Crippen molar-refractivity contribution in [2.24, 2.45) is 7.05 Å². The summed E-state index contributed by atoms with van der Waals surface area (Å²) in [7, 11) is 1.51. The average molecular weight is 190 g/mol. The number of nitrogens with zero attached hydrogens (tertiary/aromatic N) is 2. The van der Waals surface area contributed by atoms with E-state index in [2.05, 4.69) is 9.72 Å². The van der Waals surface area contributed by atoms with Crippen LogP contribution in [0.2, 0.25) is 0 Å². The molecular formula is C7H8F2N2O2. The lowest BCUT2D eigenvalue weighted by Gasteiger charge is -2.03. The van der Waals surface area contributed by atoms with Crippen molar-refractivity contribution in [1.82, 2.24) is 9.55 Å². The Hall–Kier alpha value is -1.46. The zero-order valence-electron chi connectivity index (χ0n) is 6.91. The third kappa shape index (κ3) is 2.81. The molecular weight excluding hydrogens is 182 g/mol. The molecule has 1 rings (SSSR count). The predicted octanol–water partition coefficient (Wildman–Crippen LogP) is 0.424. The van der Waals surface area contributed by atoms with Crippen LogP contribution in [0.25, 0.3) is 0 Å². The minimum atomic E-state index is -2.56. The molecule has 0 spiro atoms. The fourth-order valence-corrected chi connectivity index (χ4v) is 0.672. The fourth-order valence-electron chi connectivity index (χ4n) is 0.672. The lowest BCUT2D eigenvalue weighted by atomic mass is 10.6. The second-order valence-electron chi connectivity index (χ2n) is 2.38. The van der Waals surface area contributed by atoms with Crippen LogP contribution >= 0.6 is 0 Å². The summed E-state index contributed by atoms with van der Waals surface area (Å²) >= 11 is 0. The van der Waals surface area contributed by atoms with Crippen molar-refractivity contribution in [3.63, 3.8) is 0 Å². The first kappa shape index (κ1) is 9.63. The number of aryl methyl sites for hydroxylation is 1. The van der Waals surface area contributed by atoms with Gasteiger partial charge in [-0.1, -0.05) is 0 Å². The Kier molecular flexibility index (Phi) is 2.94. The van der Waals surface area contributed by atoms with Gasteiger partial charge in [-0.15, -0.1) is 0 Å². The van der Waals surface area contributed by atoms with E-state index in [1.807, 2.05) is 0 Å². The lowest BCUT2D eigenvalue weighted by molar-refractivity contribution is 0.0793. The van der Waals surface area contributed by atoms with Crippen molar-refractivity contribution >= 4 is 0 Å². The first-order chi connectivity index (χ1) is 6.09. The van der Waals surface area contributed by atoms with Crippen molar-refractivity contribution < 1.29 is 13.5 Å². The minimum absolute atomic E-state index is 0.0802. The van der Waals surface area contributed by atoms with Gasteiger partial charge >= 0.3 is 0 Å². The summed E-state index contributed by atoms with van der Waals surface area (Å²) in [5, 5.41) is 0. The highest BCUT2D eigenvalue weighted by molar-refractivity contribution is 5.05. The van der Waals surface area contributed by atoms with Crippen LogP contribution in [0.4, 0.5) is 8.78 Å². The lowest BCUT2D eigenvalue weighted by Crippen LogP contribution is -2.17. The molecule has 0 aliphatic rings. The quantitative estimate of drug-likeness (QED) is 0.694. The highest BCUT2D eigenvalue weighted by Crippen LogP contribution is 2.02. The van der Waals surface area contributed by atoms with Crippen LogP contribution < -0.4 is 10.3 Å². The van der Waals surface area contributed by atoms with E-state index in [0.29, 0.717) is 0 Å². The Labute approximate surface area is 72.8 Å². The molecule has 0 fully saturated rings. The van der Waals surface area contributed by atoms with Crippen molar-refractivity contribution in [2.75, 3.05) is 6.61 Å². The summed E-state index contributed by atoms with van der Waals surface area (Å²) < 4.78 is 29.1. The largest absolute Gasteiger partial charge is 0.471 e. The van der Waals surface area contributed by atoms with Crippen LogP contribution in [0.15, 0.2) is 17.2 Å². The Morgan fingerprint density at radius 3 is 2.92 bits per heavy atom. The van der Waals surface area contributed by atoms with Crippen molar-refractivity contribution in [1.29, 1.82) is 0 Å². The van der Waals surface area contributed by atoms with E-state index >= 15 is 0 Å². The van der Waals surface area contributed by atoms with E-state index in [1.54, 1.807) is 0 Å². The maximum atomic E-state index is 11.7. The van der Waals surface area contributed by atoms with Gasteiger partial charge in [-0.2, -0.15) is 0 Å². The van der Waals surface area contributed by atoms with Crippen LogP contribution in [-0.2, 0) is 7.05 Å². The van der Waals surface area contributed by atoms with Gasteiger partial charge in [0.1, 0.15) is 6.33 Å². The SMILES string of the molecule is Cn1cnc(OCC(F)F)cc1=O. The molecule has 72 valence electrons. The fraction of sp³-hybridized carbons (Fsp3) is 0.429. The van der Waals surface area contributed by atoms with Gasteiger partial charge in [0.2, 0.25) is 5.88 Å². The molecule has 0 saturated carbocycles. The average Bonchev–Trinajstić information content (AvgIpc) is 2.07. The standard InChI is InChI=1S/C7H8F2N2O2/c1-11-4-10-6(2-7(11)12)13-3-5(8)9/h2,4-5H,3H2,1H3. The van der Waals surface area contributed by atoms with E-state index < -0.39 is 13.0 Å². The molecule has 6 heteroatoms. The molecule has 0 bridgehead atoms. The molecule has 0 aliphatic heterocycles. The van der Waals surface area contributed by atoms with Gasteiger partial charge in [-0.25, -0.2) is 13.8 Å². The summed E-state index contributed by atoms with van der Waals surface area (Å²) in [4.78, 5) is 14.6. The van der Waals surface area contributed by atoms with Crippen LogP contribution in [0.3, 0.4) is 0 Å². The van der Waals surface area contributed by atoms with Gasteiger partial charge in [-0.3, -0.25) is 4.79 Å². The zero-order chi connectivity index (χ0) is 9.84. The molecule has 0 unspecified atom stereocenters. The Bertz CT molecular complexity index is 338. The summed E-state index contributed by atoms with van der Waals surface area (Å²) in [5.41, 5.74) is -0.348. The maximum absolute atomic E-state index is 11.7. The van der Waals surface area contributed by atoms with Crippen LogP contribution in [0, 0.1) is 0 Å². The van der Waals surface area contributed by atoms with Crippen LogP contribution in [0.1, 0.15) is 0 Å². The van der Waals surface area contributed by atoms with E-state index in [4.69, 9.17) is 0 Å². The molecule has 1 heterocycles. The van der Waals surface area contributed by atoms with Gasteiger partial charge in [0.25, 0.3) is 12.0 Å². The van der Waals surface area contributed by atoms with Gasteiger partial charge in [0.05, 0.1) is 6.07 Å². The van der Waals surface area contributed by atoms with Gasteiger partial charge in [0.15, 0.2) is 6.61 Å². The summed E-state index contributed by atoms with van der Waals surface area (Å²) in [6.07, 6.45) is -1.35. The van der Waals surface area contributed by atoms with Gasteiger partial charge < -0.3 is 9.30 Å². The molecule has 0 saturated heterocycles. The number of rotatable bonds is 3. The zero-order valence-corrected chi connectivity index (χ0v) is 6.91. The number of hydrogen-bond donors (Lipinski definition) is 0. The first-order valence-corrected chi connectivity index (χ1v) is 3.53. The second-order valence-corrected chi connectivity index (χ2v) is 2.38. The summed E-state index contributed by atoms with van der Waals surface area (Å²) in [6, 6.07) is 1.06. The monoisotopic (exact) mass is 190 g/mol. The van der Waals surface area contributed by atoms with E-state index in [9.17, 15) is 13.6 Å². The molecule has 0 aromatic carbocycles. The number of halogens is 2. The van der Waals surface area contributed by atoms with Crippen LogP contribution in [0.5, 0.6) is 5.88 Å². The molecule has 0 atom stereocenters. The van der Waals surface area contributed by atoms with Gasteiger partial charge in [-0.05, 0) is 0 Å². The number of alkyl halides is 2. The molecule has 1 aromatic rings. The highest BCUT2D eigenvalue weighted by Gasteiger charge is 2.04. The third-order valence-corrected chi connectivity index (χ3v) is 1.31. The van der Waals surface area contributed by atoms with Gasteiger partial charge in [0, 0.05) is 7.05 Å². The molecule has 0 aliphatic carbocycles. The topological polar surface area (TPSA) is 44.1 Å². The predicted molar refractivity (Wildman–Crippen MR) is 41.0 cm³/mol. The van der Waals surface area contributed by atoms with E-state index in [-0.39, 0.29) is 11.4 Å². The molecule has 0 N–H and O–H groups in total. The maximum Gasteiger partial charge on any atom is 0.272 e. The second kappa shape index (κ2) is 3.97. The minimum Gasteiger partial charge on any atom is -0.471 e. The van der Waals surface area contributed by atoms with E-state index in [1.165, 1.54) is 17.9 Å². The van der Waals surface area contributed by atoms with E-state index in [0.717, 1.165) is 6.07 Å². The number of aromatic nitrogens is 2. The summed E-state index contributed by atoms with van der Waals surface area (Å²) in [6.45, 7) is -0.750. The smallest absolute Gasteiger partial charge is 0.272 e. The first-order valence-electron chi connectivity index (χ1n) is 3.53. The number of hydrogen-bond acceptors (Lipinski definition) is 3. The van der Waals surface area contributed by atoms with Crippen molar-refractivity contribution in [3.05, 3.63) is 22.7 Å². The van der Waals surface area contributed by atoms with Crippen LogP contribution in [-0.4, -0.2) is 22.6 Å². The Morgan fingerprint density at radius 2 is 2.38 bits per heavy atom. The molecule has 13 heavy (non-hydrogen) atoms. The normalized spacial score (nSPS) is 10.5. The van der Waals surface area contributed by atoms with Crippen molar-refractivity contribution in [3.8, 4) is 5.88 Å². The van der Waals surface area contributed by atoms with Crippen molar-refractivity contribution in [2.45, 2.75) is 6.43 Å². The Morgan fingerprint density at radius 1 is 1.69 bits per heavy atom. The summed E-state index contributed by atoms with van der Waals surface area (Å²) in [5.74, 6) is -0.0802. The molecule has 0 amide bonds.